The molecule has 3 rings (SSSR count). The maximum Gasteiger partial charge on any atom is 0.142 e. The summed E-state index contributed by atoms with van der Waals surface area (Å²) in [5, 5.41) is 10.1. The number of aromatic amines is 1. The zero-order valence-corrected chi connectivity index (χ0v) is 10.7. The number of ether oxygens (including phenoxy) is 1. The van der Waals surface area contributed by atoms with E-state index in [9.17, 15) is 5.11 Å². The molecule has 3 aromatic rings. The lowest BCUT2D eigenvalue weighted by molar-refractivity contribution is 0.360. The number of fused-ring (bicyclic) bond motifs is 1. The van der Waals surface area contributed by atoms with E-state index in [1.165, 1.54) is 0 Å². The van der Waals surface area contributed by atoms with Crippen molar-refractivity contribution in [3.8, 4) is 22.9 Å². The van der Waals surface area contributed by atoms with Crippen molar-refractivity contribution in [3.05, 3.63) is 49.3 Å². The van der Waals surface area contributed by atoms with Gasteiger partial charge >= 0.3 is 0 Å². The van der Waals surface area contributed by atoms with Crippen LogP contribution in [0.4, 0.5) is 0 Å². The summed E-state index contributed by atoms with van der Waals surface area (Å²) in [6.45, 7) is 3.98. The first-order valence-electron chi connectivity index (χ1n) is 6.15. The van der Waals surface area contributed by atoms with Gasteiger partial charge in [-0.25, -0.2) is 4.98 Å². The Morgan fingerprint density at radius 3 is 3.00 bits per heavy atom. The molecule has 0 aliphatic heterocycles. The number of benzene rings is 1. The van der Waals surface area contributed by atoms with Crippen LogP contribution in [0, 0.1) is 0 Å². The second-order valence-electron chi connectivity index (χ2n) is 4.26. The van der Waals surface area contributed by atoms with E-state index >= 15 is 0 Å². The van der Waals surface area contributed by atoms with Gasteiger partial charge in [-0.3, -0.25) is 4.98 Å². The average molecular weight is 267 g/mol. The molecule has 2 aromatic heterocycles. The zero-order valence-electron chi connectivity index (χ0n) is 10.7. The second-order valence-corrected chi connectivity index (χ2v) is 4.26. The van der Waals surface area contributed by atoms with E-state index in [1.54, 1.807) is 36.7 Å². The molecule has 0 radical (unpaired) electrons. The highest BCUT2D eigenvalue weighted by atomic mass is 16.5. The molecular weight excluding hydrogens is 254 g/mol. The van der Waals surface area contributed by atoms with Crippen LogP contribution in [-0.4, -0.2) is 26.7 Å². The monoisotopic (exact) mass is 267 g/mol. The van der Waals surface area contributed by atoms with E-state index < -0.39 is 0 Å². The van der Waals surface area contributed by atoms with Crippen LogP contribution in [0.25, 0.3) is 22.4 Å². The number of phenolic OH excluding ortho intramolecular Hbond substituents is 1. The minimum atomic E-state index is 0.110. The Morgan fingerprint density at radius 2 is 2.25 bits per heavy atom. The largest absolute Gasteiger partial charge is 0.507 e. The van der Waals surface area contributed by atoms with Crippen molar-refractivity contribution >= 4 is 11.0 Å². The molecule has 0 atom stereocenters. The van der Waals surface area contributed by atoms with Crippen LogP contribution >= 0.6 is 0 Å². The second kappa shape index (κ2) is 5.05. The molecule has 2 N–H and O–H groups in total. The molecule has 0 fully saturated rings. The van der Waals surface area contributed by atoms with Gasteiger partial charge in [0.15, 0.2) is 0 Å². The van der Waals surface area contributed by atoms with Gasteiger partial charge in [-0.1, -0.05) is 12.7 Å². The molecule has 0 unspecified atom stereocenters. The molecule has 0 saturated carbocycles. The molecule has 0 aliphatic rings. The molecule has 5 heteroatoms. The van der Waals surface area contributed by atoms with Gasteiger partial charge in [0.25, 0.3) is 0 Å². The fourth-order valence-corrected chi connectivity index (χ4v) is 1.94. The Kier molecular flexibility index (Phi) is 3.09. The summed E-state index contributed by atoms with van der Waals surface area (Å²) in [6.07, 6.45) is 5.03. The highest BCUT2D eigenvalue weighted by molar-refractivity contribution is 5.79. The van der Waals surface area contributed by atoms with Crippen LogP contribution in [0.15, 0.2) is 49.3 Å². The number of rotatable bonds is 4. The number of aromatic hydroxyl groups is 1. The van der Waals surface area contributed by atoms with Crippen molar-refractivity contribution in [2.75, 3.05) is 6.61 Å². The van der Waals surface area contributed by atoms with Crippen molar-refractivity contribution in [2.45, 2.75) is 0 Å². The van der Waals surface area contributed by atoms with Crippen LogP contribution in [0.1, 0.15) is 0 Å². The molecule has 0 amide bonds. The molecule has 0 bridgehead atoms. The van der Waals surface area contributed by atoms with Gasteiger partial charge in [0, 0.05) is 12.3 Å². The van der Waals surface area contributed by atoms with Crippen LogP contribution in [0.2, 0.25) is 0 Å². The van der Waals surface area contributed by atoms with Gasteiger partial charge in [0.2, 0.25) is 0 Å². The van der Waals surface area contributed by atoms with E-state index in [4.69, 9.17) is 4.74 Å². The Hall–Kier alpha value is -2.82. The van der Waals surface area contributed by atoms with E-state index in [1.807, 2.05) is 6.07 Å². The molecule has 0 saturated heterocycles. The summed E-state index contributed by atoms with van der Waals surface area (Å²) >= 11 is 0. The molecule has 20 heavy (non-hydrogen) atoms. The quantitative estimate of drug-likeness (QED) is 0.713. The first-order valence-corrected chi connectivity index (χ1v) is 6.15. The van der Waals surface area contributed by atoms with Crippen molar-refractivity contribution in [1.29, 1.82) is 0 Å². The van der Waals surface area contributed by atoms with Crippen molar-refractivity contribution in [1.82, 2.24) is 15.0 Å². The van der Waals surface area contributed by atoms with Crippen LogP contribution in [0.3, 0.4) is 0 Å². The van der Waals surface area contributed by atoms with Gasteiger partial charge in [-0.15, -0.1) is 0 Å². The van der Waals surface area contributed by atoms with E-state index in [2.05, 4.69) is 21.5 Å². The molecule has 0 aliphatic carbocycles. The summed E-state index contributed by atoms with van der Waals surface area (Å²) in [7, 11) is 0. The first-order chi connectivity index (χ1) is 9.78. The van der Waals surface area contributed by atoms with Crippen molar-refractivity contribution in [3.63, 3.8) is 0 Å². The van der Waals surface area contributed by atoms with E-state index in [-0.39, 0.29) is 5.75 Å². The van der Waals surface area contributed by atoms with Gasteiger partial charge in [-0.2, -0.15) is 0 Å². The molecule has 2 heterocycles. The zero-order chi connectivity index (χ0) is 13.9. The van der Waals surface area contributed by atoms with Gasteiger partial charge < -0.3 is 14.8 Å². The SMILES string of the molecule is C=CCOc1ccc(-c2nc3ccncc3[nH]2)c(O)c1. The third-order valence-corrected chi connectivity index (χ3v) is 2.88. The predicted molar refractivity (Wildman–Crippen MR) is 76.7 cm³/mol. The number of hydrogen-bond donors (Lipinski definition) is 2. The van der Waals surface area contributed by atoms with Crippen molar-refractivity contribution in [2.24, 2.45) is 0 Å². The van der Waals surface area contributed by atoms with Gasteiger partial charge in [0.05, 0.1) is 22.8 Å². The lowest BCUT2D eigenvalue weighted by Gasteiger charge is -2.06. The molecule has 5 nitrogen and oxygen atoms in total. The fraction of sp³-hybridized carbons (Fsp3) is 0.0667. The normalized spacial score (nSPS) is 10.6. The van der Waals surface area contributed by atoms with Gasteiger partial charge in [0.1, 0.15) is 23.9 Å². The van der Waals surface area contributed by atoms with Crippen molar-refractivity contribution < 1.29 is 9.84 Å². The smallest absolute Gasteiger partial charge is 0.142 e. The molecule has 100 valence electrons. The van der Waals surface area contributed by atoms with E-state index in [0.717, 1.165) is 11.0 Å². The number of nitrogens with zero attached hydrogens (tertiary/aromatic N) is 2. The fourth-order valence-electron chi connectivity index (χ4n) is 1.94. The maximum absolute atomic E-state index is 10.1. The van der Waals surface area contributed by atoms with E-state index in [0.29, 0.717) is 23.7 Å². The third kappa shape index (κ3) is 2.21. The summed E-state index contributed by atoms with van der Waals surface area (Å²) in [5.41, 5.74) is 2.25. The summed E-state index contributed by atoms with van der Waals surface area (Å²) < 4.78 is 5.37. The lowest BCUT2D eigenvalue weighted by atomic mass is 10.2. The average Bonchev–Trinajstić information content (AvgIpc) is 2.88. The Morgan fingerprint density at radius 1 is 1.35 bits per heavy atom. The molecule has 1 aromatic carbocycles. The highest BCUT2D eigenvalue weighted by Crippen LogP contribution is 2.31. The number of pyridine rings is 1. The minimum absolute atomic E-state index is 0.110. The van der Waals surface area contributed by atoms with Crippen LogP contribution in [0.5, 0.6) is 11.5 Å². The minimum Gasteiger partial charge on any atom is -0.507 e. The van der Waals surface area contributed by atoms with Gasteiger partial charge in [-0.05, 0) is 18.2 Å². The summed E-state index contributed by atoms with van der Waals surface area (Å²) in [5.74, 6) is 1.29. The number of H-pyrrole nitrogens is 1. The molecule has 0 spiro atoms. The highest BCUT2D eigenvalue weighted by Gasteiger charge is 2.10. The van der Waals surface area contributed by atoms with Crippen LogP contribution < -0.4 is 4.74 Å². The number of phenols is 1. The number of nitrogens with one attached hydrogen (secondary N) is 1. The Labute approximate surface area is 115 Å². The number of hydrogen-bond acceptors (Lipinski definition) is 4. The Balaban J connectivity index is 1.98. The predicted octanol–water partition coefficient (Wildman–Crippen LogP) is 2.90. The summed E-state index contributed by atoms with van der Waals surface area (Å²) in [4.78, 5) is 11.6. The first kappa shape index (κ1) is 12.2. The third-order valence-electron chi connectivity index (χ3n) is 2.88. The number of imidazole rings is 1. The summed E-state index contributed by atoms with van der Waals surface area (Å²) in [6, 6.07) is 6.92. The topological polar surface area (TPSA) is 71.0 Å². The standard InChI is InChI=1S/C15H13N3O2/c1-2-7-20-10-3-4-11(14(19)8-10)15-17-12-5-6-16-9-13(12)18-15/h2-6,8-9,19H,1,7H2,(H,17,18). The maximum atomic E-state index is 10.1. The van der Waals surface area contributed by atoms with Crippen LogP contribution in [-0.2, 0) is 0 Å². The molecular formula is C15H13N3O2. The Bertz CT molecular complexity index is 732. The number of aromatic nitrogens is 3. The lowest BCUT2D eigenvalue weighted by Crippen LogP contribution is -1.92.